The molecule has 0 fully saturated rings. The highest BCUT2D eigenvalue weighted by Crippen LogP contribution is 2.14. The van der Waals surface area contributed by atoms with Gasteiger partial charge in [0, 0.05) is 37.2 Å². The molecular formula is C11H13ClN4. The molecule has 4 nitrogen and oxygen atoms in total. The van der Waals surface area contributed by atoms with Gasteiger partial charge in [-0.2, -0.15) is 5.10 Å². The smallest absolute Gasteiger partial charge is 0.131 e. The first kappa shape index (κ1) is 11.0. The number of nitrogens with zero attached hydrogens (tertiary/aromatic N) is 3. The van der Waals surface area contributed by atoms with E-state index in [1.165, 1.54) is 5.56 Å². The first-order chi connectivity index (χ1) is 7.65. The van der Waals surface area contributed by atoms with Crippen molar-refractivity contribution < 1.29 is 0 Å². The van der Waals surface area contributed by atoms with Crippen LogP contribution in [0.15, 0.2) is 24.5 Å². The first-order valence-corrected chi connectivity index (χ1v) is 5.37. The molecule has 0 unspecified atom stereocenters. The van der Waals surface area contributed by atoms with E-state index in [-0.39, 0.29) is 0 Å². The van der Waals surface area contributed by atoms with Crippen molar-refractivity contribution in [3.05, 3.63) is 40.9 Å². The fourth-order valence-electron chi connectivity index (χ4n) is 1.53. The number of hydrogen-bond acceptors (Lipinski definition) is 3. The van der Waals surface area contributed by atoms with Gasteiger partial charge in [0.15, 0.2) is 0 Å². The average Bonchev–Trinajstić information content (AvgIpc) is 2.54. The molecule has 0 aromatic carbocycles. The van der Waals surface area contributed by atoms with Crippen LogP contribution in [0.3, 0.4) is 0 Å². The maximum absolute atomic E-state index is 5.79. The standard InChI is InChI=1S/C11H13ClN4/c1-8-9(7-16(2)15-8)6-14-10-3-4-13-11(12)5-10/h3-5,7H,6H2,1-2H3,(H,13,14). The molecule has 0 saturated carbocycles. The molecule has 2 heterocycles. The minimum atomic E-state index is 0.493. The van der Waals surface area contributed by atoms with Crippen molar-refractivity contribution in [1.29, 1.82) is 0 Å². The Bertz CT molecular complexity index is 492. The van der Waals surface area contributed by atoms with Crippen LogP contribution >= 0.6 is 11.6 Å². The lowest BCUT2D eigenvalue weighted by molar-refractivity contribution is 0.756. The van der Waals surface area contributed by atoms with Gasteiger partial charge in [-0.15, -0.1) is 0 Å². The summed E-state index contributed by atoms with van der Waals surface area (Å²) in [6.45, 7) is 2.73. The average molecular weight is 237 g/mol. The van der Waals surface area contributed by atoms with Gasteiger partial charge in [-0.3, -0.25) is 4.68 Å². The zero-order chi connectivity index (χ0) is 11.5. The maximum atomic E-state index is 5.79. The molecule has 2 aromatic rings. The van der Waals surface area contributed by atoms with Gasteiger partial charge in [-0.25, -0.2) is 4.98 Å². The fraction of sp³-hybridized carbons (Fsp3) is 0.273. The number of pyridine rings is 1. The summed E-state index contributed by atoms with van der Waals surface area (Å²) in [5, 5.41) is 8.05. The molecule has 2 aromatic heterocycles. The number of aromatic nitrogens is 3. The predicted molar refractivity (Wildman–Crippen MR) is 64.5 cm³/mol. The number of nitrogens with one attached hydrogen (secondary N) is 1. The van der Waals surface area contributed by atoms with Gasteiger partial charge in [0.2, 0.25) is 0 Å². The molecular weight excluding hydrogens is 224 g/mol. The lowest BCUT2D eigenvalue weighted by atomic mass is 10.2. The Morgan fingerprint density at radius 2 is 2.31 bits per heavy atom. The quantitative estimate of drug-likeness (QED) is 0.833. The molecule has 16 heavy (non-hydrogen) atoms. The van der Waals surface area contributed by atoms with Crippen LogP contribution in [-0.2, 0) is 13.6 Å². The van der Waals surface area contributed by atoms with E-state index in [2.05, 4.69) is 15.4 Å². The van der Waals surface area contributed by atoms with Crippen LogP contribution in [0.25, 0.3) is 0 Å². The van der Waals surface area contributed by atoms with Crippen molar-refractivity contribution >= 4 is 17.3 Å². The summed E-state index contributed by atoms with van der Waals surface area (Å²) in [6, 6.07) is 3.69. The zero-order valence-electron chi connectivity index (χ0n) is 9.24. The topological polar surface area (TPSA) is 42.7 Å². The highest BCUT2D eigenvalue weighted by Gasteiger charge is 2.02. The maximum Gasteiger partial charge on any atom is 0.131 e. The van der Waals surface area contributed by atoms with Gasteiger partial charge in [0.05, 0.1) is 5.69 Å². The van der Waals surface area contributed by atoms with E-state index in [4.69, 9.17) is 11.6 Å². The predicted octanol–water partition coefficient (Wildman–Crippen LogP) is 2.39. The Balaban J connectivity index is 2.05. The Morgan fingerprint density at radius 3 is 2.94 bits per heavy atom. The van der Waals surface area contributed by atoms with E-state index >= 15 is 0 Å². The highest BCUT2D eigenvalue weighted by molar-refractivity contribution is 6.29. The van der Waals surface area contributed by atoms with Crippen molar-refractivity contribution in [3.8, 4) is 0 Å². The third-order valence-electron chi connectivity index (χ3n) is 2.32. The number of anilines is 1. The molecule has 0 aliphatic rings. The van der Waals surface area contributed by atoms with Gasteiger partial charge in [0.25, 0.3) is 0 Å². The van der Waals surface area contributed by atoms with Gasteiger partial charge in [-0.05, 0) is 19.1 Å². The molecule has 0 amide bonds. The molecule has 2 rings (SSSR count). The molecule has 0 radical (unpaired) electrons. The monoisotopic (exact) mass is 236 g/mol. The third-order valence-corrected chi connectivity index (χ3v) is 2.53. The number of rotatable bonds is 3. The molecule has 84 valence electrons. The molecule has 1 N–H and O–H groups in total. The van der Waals surface area contributed by atoms with Crippen molar-refractivity contribution in [3.63, 3.8) is 0 Å². The Morgan fingerprint density at radius 1 is 1.50 bits per heavy atom. The second-order valence-corrected chi connectivity index (χ2v) is 4.02. The molecule has 0 atom stereocenters. The molecule has 0 saturated heterocycles. The summed E-state index contributed by atoms with van der Waals surface area (Å²) >= 11 is 5.79. The van der Waals surface area contributed by atoms with E-state index in [0.29, 0.717) is 5.15 Å². The summed E-state index contributed by atoms with van der Waals surface area (Å²) < 4.78 is 1.81. The summed E-state index contributed by atoms with van der Waals surface area (Å²) in [7, 11) is 1.92. The van der Waals surface area contributed by atoms with Crippen molar-refractivity contribution in [2.75, 3.05) is 5.32 Å². The Kier molecular flexibility index (Phi) is 3.10. The van der Waals surface area contributed by atoms with Crippen LogP contribution in [0, 0.1) is 6.92 Å². The number of aryl methyl sites for hydroxylation is 2. The Hall–Kier alpha value is -1.55. The second-order valence-electron chi connectivity index (χ2n) is 3.63. The molecule has 0 aliphatic heterocycles. The fourth-order valence-corrected chi connectivity index (χ4v) is 1.71. The minimum Gasteiger partial charge on any atom is -0.381 e. The van der Waals surface area contributed by atoms with Gasteiger partial charge >= 0.3 is 0 Å². The zero-order valence-corrected chi connectivity index (χ0v) is 9.99. The van der Waals surface area contributed by atoms with E-state index in [0.717, 1.165) is 17.9 Å². The normalized spacial score (nSPS) is 10.4. The van der Waals surface area contributed by atoms with Gasteiger partial charge in [-0.1, -0.05) is 11.6 Å². The molecule has 0 spiro atoms. The van der Waals surface area contributed by atoms with E-state index in [1.807, 2.05) is 30.9 Å². The van der Waals surface area contributed by atoms with Gasteiger partial charge < -0.3 is 5.32 Å². The Labute approximate surface area is 99.3 Å². The van der Waals surface area contributed by atoms with Crippen LogP contribution in [0.4, 0.5) is 5.69 Å². The van der Waals surface area contributed by atoms with Crippen LogP contribution in [0.2, 0.25) is 5.15 Å². The van der Waals surface area contributed by atoms with Crippen LogP contribution in [0.5, 0.6) is 0 Å². The van der Waals surface area contributed by atoms with Gasteiger partial charge in [0.1, 0.15) is 5.15 Å². The van der Waals surface area contributed by atoms with Crippen molar-refractivity contribution in [2.45, 2.75) is 13.5 Å². The van der Waals surface area contributed by atoms with Crippen molar-refractivity contribution in [1.82, 2.24) is 14.8 Å². The molecule has 0 aliphatic carbocycles. The van der Waals surface area contributed by atoms with E-state index in [9.17, 15) is 0 Å². The summed E-state index contributed by atoms with van der Waals surface area (Å²) in [5.41, 5.74) is 3.17. The largest absolute Gasteiger partial charge is 0.381 e. The molecule has 0 bridgehead atoms. The van der Waals surface area contributed by atoms with Crippen LogP contribution in [0.1, 0.15) is 11.3 Å². The summed E-state index contributed by atoms with van der Waals surface area (Å²) in [5.74, 6) is 0. The number of hydrogen-bond donors (Lipinski definition) is 1. The highest BCUT2D eigenvalue weighted by atomic mass is 35.5. The van der Waals surface area contributed by atoms with Crippen LogP contribution < -0.4 is 5.32 Å². The van der Waals surface area contributed by atoms with Crippen LogP contribution in [-0.4, -0.2) is 14.8 Å². The van der Waals surface area contributed by atoms with Crippen molar-refractivity contribution in [2.24, 2.45) is 7.05 Å². The minimum absolute atomic E-state index is 0.493. The number of halogens is 1. The summed E-state index contributed by atoms with van der Waals surface area (Å²) in [4.78, 5) is 3.93. The molecule has 5 heteroatoms. The SMILES string of the molecule is Cc1nn(C)cc1CNc1ccnc(Cl)c1. The van der Waals surface area contributed by atoms with E-state index in [1.54, 1.807) is 12.3 Å². The summed E-state index contributed by atoms with van der Waals surface area (Å²) in [6.07, 6.45) is 3.69. The van der Waals surface area contributed by atoms with E-state index < -0.39 is 0 Å². The second kappa shape index (κ2) is 4.53. The third kappa shape index (κ3) is 2.52. The lowest BCUT2D eigenvalue weighted by Crippen LogP contribution is -1.99. The first-order valence-electron chi connectivity index (χ1n) is 4.99. The lowest BCUT2D eigenvalue weighted by Gasteiger charge is -2.04.